The second-order valence-electron chi connectivity index (χ2n) is 5.51. The Bertz CT molecular complexity index is 176. The summed E-state index contributed by atoms with van der Waals surface area (Å²) in [6.45, 7) is 9.88. The Balaban J connectivity index is 2.24. The summed E-state index contributed by atoms with van der Waals surface area (Å²) in [5, 5.41) is 3.73. The monoisotopic (exact) mass is 227 g/mol. The van der Waals surface area contributed by atoms with Crippen molar-refractivity contribution in [2.24, 2.45) is 5.92 Å². The zero-order chi connectivity index (χ0) is 11.9. The summed E-state index contributed by atoms with van der Waals surface area (Å²) >= 11 is 0. The topological polar surface area (TPSA) is 21.3 Å². The Morgan fingerprint density at radius 2 is 2.19 bits per heavy atom. The number of rotatable bonds is 7. The molecule has 1 saturated heterocycles. The van der Waals surface area contributed by atoms with Gasteiger partial charge in [-0.2, -0.15) is 0 Å². The molecule has 1 rings (SSSR count). The molecule has 1 N–H and O–H groups in total. The smallest absolute Gasteiger partial charge is 0.0645 e. The van der Waals surface area contributed by atoms with Gasteiger partial charge in [0.15, 0.2) is 0 Å². The van der Waals surface area contributed by atoms with Crippen LogP contribution in [-0.4, -0.2) is 25.3 Å². The maximum atomic E-state index is 5.57. The first kappa shape index (κ1) is 14.0. The average Bonchev–Trinajstić information content (AvgIpc) is 2.30. The van der Waals surface area contributed by atoms with Crippen molar-refractivity contribution in [1.29, 1.82) is 0 Å². The van der Waals surface area contributed by atoms with Crippen LogP contribution in [0.2, 0.25) is 0 Å². The lowest BCUT2D eigenvalue weighted by molar-refractivity contribution is 0.0266. The molecule has 0 amide bonds. The van der Waals surface area contributed by atoms with Crippen molar-refractivity contribution in [2.75, 3.05) is 19.8 Å². The molecule has 0 aromatic rings. The first-order chi connectivity index (χ1) is 7.70. The van der Waals surface area contributed by atoms with E-state index in [-0.39, 0.29) is 5.54 Å². The third-order valence-electron chi connectivity index (χ3n) is 3.80. The van der Waals surface area contributed by atoms with Gasteiger partial charge in [-0.25, -0.2) is 0 Å². The predicted octanol–water partition coefficient (Wildman–Crippen LogP) is 3.36. The van der Waals surface area contributed by atoms with Crippen LogP contribution in [-0.2, 0) is 4.74 Å². The zero-order valence-corrected chi connectivity index (χ0v) is 11.3. The van der Waals surface area contributed by atoms with E-state index in [4.69, 9.17) is 4.74 Å². The van der Waals surface area contributed by atoms with Crippen molar-refractivity contribution in [1.82, 2.24) is 5.32 Å². The van der Waals surface area contributed by atoms with Crippen molar-refractivity contribution in [3.8, 4) is 0 Å². The molecule has 1 aliphatic rings. The van der Waals surface area contributed by atoms with Gasteiger partial charge < -0.3 is 10.1 Å². The molecule has 0 aliphatic carbocycles. The van der Waals surface area contributed by atoms with Crippen LogP contribution >= 0.6 is 0 Å². The third kappa shape index (κ3) is 4.84. The van der Waals surface area contributed by atoms with Gasteiger partial charge in [-0.1, -0.05) is 33.1 Å². The van der Waals surface area contributed by atoms with Gasteiger partial charge >= 0.3 is 0 Å². The fourth-order valence-electron chi connectivity index (χ4n) is 2.41. The van der Waals surface area contributed by atoms with Crippen molar-refractivity contribution in [3.05, 3.63) is 0 Å². The second kappa shape index (κ2) is 7.29. The highest BCUT2D eigenvalue weighted by molar-refractivity contribution is 4.86. The molecule has 16 heavy (non-hydrogen) atoms. The van der Waals surface area contributed by atoms with Crippen molar-refractivity contribution < 1.29 is 4.74 Å². The summed E-state index contributed by atoms with van der Waals surface area (Å²) in [6.07, 6.45) is 7.82. The minimum absolute atomic E-state index is 0.234. The maximum Gasteiger partial charge on any atom is 0.0645 e. The summed E-state index contributed by atoms with van der Waals surface area (Å²) in [5.41, 5.74) is 0.234. The van der Waals surface area contributed by atoms with Gasteiger partial charge in [0.2, 0.25) is 0 Å². The van der Waals surface area contributed by atoms with Gasteiger partial charge in [0.05, 0.1) is 6.61 Å². The number of nitrogens with one attached hydrogen (secondary N) is 1. The average molecular weight is 227 g/mol. The Labute approximate surface area is 101 Å². The number of ether oxygens (including phenoxy) is 1. The van der Waals surface area contributed by atoms with Crippen LogP contribution in [0.1, 0.15) is 59.3 Å². The number of unbranched alkanes of at least 4 members (excludes halogenated alkanes) is 1. The fraction of sp³-hybridized carbons (Fsp3) is 1.00. The van der Waals surface area contributed by atoms with Crippen LogP contribution in [0.5, 0.6) is 0 Å². The standard InChI is InChI=1S/C14H29NO/c1-4-6-8-13(5-2)11-15-14(3)9-7-10-16-12-14/h13,15H,4-12H2,1-3H3. The molecule has 0 radical (unpaired) electrons. The lowest BCUT2D eigenvalue weighted by Gasteiger charge is -2.35. The molecule has 2 nitrogen and oxygen atoms in total. The third-order valence-corrected chi connectivity index (χ3v) is 3.80. The van der Waals surface area contributed by atoms with Gasteiger partial charge in [-0.05, 0) is 38.6 Å². The highest BCUT2D eigenvalue weighted by atomic mass is 16.5. The van der Waals surface area contributed by atoms with Crippen LogP contribution in [0.4, 0.5) is 0 Å². The lowest BCUT2D eigenvalue weighted by Crippen LogP contribution is -2.50. The molecular weight excluding hydrogens is 198 g/mol. The predicted molar refractivity (Wildman–Crippen MR) is 69.8 cm³/mol. The van der Waals surface area contributed by atoms with E-state index in [0.29, 0.717) is 0 Å². The summed E-state index contributed by atoms with van der Waals surface area (Å²) in [7, 11) is 0. The van der Waals surface area contributed by atoms with Crippen LogP contribution in [0, 0.1) is 5.92 Å². The molecule has 1 aliphatic heterocycles. The van der Waals surface area contributed by atoms with Crippen LogP contribution in [0.25, 0.3) is 0 Å². The minimum Gasteiger partial charge on any atom is -0.380 e. The normalized spacial score (nSPS) is 27.9. The molecule has 2 atom stereocenters. The van der Waals surface area contributed by atoms with E-state index in [0.717, 1.165) is 25.7 Å². The Morgan fingerprint density at radius 3 is 2.75 bits per heavy atom. The summed E-state index contributed by atoms with van der Waals surface area (Å²) < 4.78 is 5.57. The van der Waals surface area contributed by atoms with E-state index < -0.39 is 0 Å². The van der Waals surface area contributed by atoms with Crippen molar-refractivity contribution in [2.45, 2.75) is 64.8 Å². The SMILES string of the molecule is CCCCC(CC)CNC1(C)CCCOC1. The van der Waals surface area contributed by atoms with E-state index in [2.05, 4.69) is 26.1 Å². The molecule has 0 aromatic carbocycles. The lowest BCUT2D eigenvalue weighted by atomic mass is 9.92. The van der Waals surface area contributed by atoms with Gasteiger partial charge in [0.25, 0.3) is 0 Å². The summed E-state index contributed by atoms with van der Waals surface area (Å²) in [4.78, 5) is 0. The molecule has 0 spiro atoms. The van der Waals surface area contributed by atoms with Gasteiger partial charge in [0, 0.05) is 12.1 Å². The molecule has 0 aromatic heterocycles. The molecular formula is C14H29NO. The Morgan fingerprint density at radius 1 is 1.38 bits per heavy atom. The van der Waals surface area contributed by atoms with Gasteiger partial charge in [-0.15, -0.1) is 0 Å². The van der Waals surface area contributed by atoms with Crippen molar-refractivity contribution >= 4 is 0 Å². The molecule has 1 fully saturated rings. The van der Waals surface area contributed by atoms with E-state index >= 15 is 0 Å². The zero-order valence-electron chi connectivity index (χ0n) is 11.3. The molecule has 0 bridgehead atoms. The Hall–Kier alpha value is -0.0800. The van der Waals surface area contributed by atoms with Crippen LogP contribution in [0.3, 0.4) is 0 Å². The van der Waals surface area contributed by atoms with E-state index in [1.54, 1.807) is 0 Å². The minimum atomic E-state index is 0.234. The van der Waals surface area contributed by atoms with Gasteiger partial charge in [0.1, 0.15) is 0 Å². The maximum absolute atomic E-state index is 5.57. The van der Waals surface area contributed by atoms with E-state index in [9.17, 15) is 0 Å². The van der Waals surface area contributed by atoms with E-state index in [1.165, 1.54) is 38.5 Å². The number of hydrogen-bond donors (Lipinski definition) is 1. The highest BCUT2D eigenvalue weighted by Crippen LogP contribution is 2.20. The second-order valence-corrected chi connectivity index (χ2v) is 5.51. The van der Waals surface area contributed by atoms with Gasteiger partial charge in [-0.3, -0.25) is 0 Å². The fourth-order valence-corrected chi connectivity index (χ4v) is 2.41. The number of hydrogen-bond acceptors (Lipinski definition) is 2. The van der Waals surface area contributed by atoms with E-state index in [1.807, 2.05) is 0 Å². The van der Waals surface area contributed by atoms with Crippen LogP contribution in [0.15, 0.2) is 0 Å². The first-order valence-electron chi connectivity index (χ1n) is 7.03. The Kier molecular flexibility index (Phi) is 6.37. The largest absolute Gasteiger partial charge is 0.380 e. The van der Waals surface area contributed by atoms with Crippen LogP contribution < -0.4 is 5.32 Å². The first-order valence-corrected chi connectivity index (χ1v) is 7.03. The quantitative estimate of drug-likeness (QED) is 0.720. The van der Waals surface area contributed by atoms with Crippen molar-refractivity contribution in [3.63, 3.8) is 0 Å². The molecule has 96 valence electrons. The molecule has 2 heteroatoms. The highest BCUT2D eigenvalue weighted by Gasteiger charge is 2.27. The molecule has 1 heterocycles. The summed E-state index contributed by atoms with van der Waals surface area (Å²) in [6, 6.07) is 0. The summed E-state index contributed by atoms with van der Waals surface area (Å²) in [5.74, 6) is 0.846. The molecule has 2 unspecified atom stereocenters. The molecule has 0 saturated carbocycles.